The molecule has 0 fully saturated rings. The summed E-state index contributed by atoms with van der Waals surface area (Å²) in [6.45, 7) is 6.58. The van der Waals surface area contributed by atoms with Crippen LogP contribution in [0.5, 0.6) is 5.75 Å². The van der Waals surface area contributed by atoms with Gasteiger partial charge >= 0.3 is 0 Å². The highest BCUT2D eigenvalue weighted by atomic mass is 32.1. The lowest BCUT2D eigenvalue weighted by atomic mass is 10.1. The van der Waals surface area contributed by atoms with Crippen molar-refractivity contribution in [1.82, 2.24) is 15.3 Å². The van der Waals surface area contributed by atoms with Crippen LogP contribution in [-0.4, -0.2) is 21.7 Å². The standard InChI is InChI=1S/C22H25N5OS/c1-4-28-19-12-10-18(11-13-19)25-20-14-15(2)23-21(26-20)27-22(29)24-16(3)17-8-6-5-7-9-17/h5-14,16H,4H2,1-3H3,(H3,23,24,25,26,27,29)/t16-/m1/s1. The van der Waals surface area contributed by atoms with E-state index in [1.165, 1.54) is 0 Å². The molecule has 0 spiro atoms. The predicted octanol–water partition coefficient (Wildman–Crippen LogP) is 4.97. The number of anilines is 3. The topological polar surface area (TPSA) is 71.1 Å². The van der Waals surface area contributed by atoms with Gasteiger partial charge in [-0.3, -0.25) is 0 Å². The zero-order valence-corrected chi connectivity index (χ0v) is 17.6. The Kier molecular flexibility index (Phi) is 6.97. The van der Waals surface area contributed by atoms with Gasteiger partial charge in [0.25, 0.3) is 0 Å². The molecule has 1 heterocycles. The predicted molar refractivity (Wildman–Crippen MR) is 122 cm³/mol. The van der Waals surface area contributed by atoms with Gasteiger partial charge in [-0.25, -0.2) is 4.98 Å². The largest absolute Gasteiger partial charge is 0.494 e. The van der Waals surface area contributed by atoms with Gasteiger partial charge in [-0.05, 0) is 62.8 Å². The highest BCUT2D eigenvalue weighted by Crippen LogP contribution is 2.20. The Balaban J connectivity index is 1.64. The first-order chi connectivity index (χ1) is 14.0. The van der Waals surface area contributed by atoms with Crippen LogP contribution in [0.2, 0.25) is 0 Å². The summed E-state index contributed by atoms with van der Waals surface area (Å²) < 4.78 is 5.47. The smallest absolute Gasteiger partial charge is 0.231 e. The summed E-state index contributed by atoms with van der Waals surface area (Å²) in [5.74, 6) is 1.96. The normalized spacial score (nSPS) is 11.4. The number of hydrogen-bond acceptors (Lipinski definition) is 5. The van der Waals surface area contributed by atoms with Crippen molar-refractivity contribution in [2.24, 2.45) is 0 Å². The van der Waals surface area contributed by atoms with Crippen molar-refractivity contribution in [3.8, 4) is 5.75 Å². The summed E-state index contributed by atoms with van der Waals surface area (Å²) in [7, 11) is 0. The van der Waals surface area contributed by atoms with Crippen molar-refractivity contribution in [3.63, 3.8) is 0 Å². The van der Waals surface area contributed by atoms with Gasteiger partial charge in [0.1, 0.15) is 11.6 Å². The first kappa shape index (κ1) is 20.5. The Morgan fingerprint density at radius 3 is 2.48 bits per heavy atom. The molecule has 2 aromatic carbocycles. The molecule has 0 aliphatic heterocycles. The lowest BCUT2D eigenvalue weighted by molar-refractivity contribution is 0.340. The number of ether oxygens (including phenoxy) is 1. The quantitative estimate of drug-likeness (QED) is 0.477. The van der Waals surface area contributed by atoms with Crippen LogP contribution in [-0.2, 0) is 0 Å². The number of nitrogens with zero attached hydrogens (tertiary/aromatic N) is 2. The fourth-order valence-electron chi connectivity index (χ4n) is 2.80. The van der Waals surface area contributed by atoms with Gasteiger partial charge in [-0.15, -0.1) is 0 Å². The van der Waals surface area contributed by atoms with E-state index >= 15 is 0 Å². The van der Waals surface area contributed by atoms with E-state index in [2.05, 4.69) is 45.0 Å². The third-order valence-corrected chi connectivity index (χ3v) is 4.38. The number of hydrogen-bond donors (Lipinski definition) is 3. The minimum Gasteiger partial charge on any atom is -0.494 e. The van der Waals surface area contributed by atoms with Crippen LogP contribution in [0.25, 0.3) is 0 Å². The molecular weight excluding hydrogens is 382 g/mol. The third-order valence-electron chi connectivity index (χ3n) is 4.16. The monoisotopic (exact) mass is 407 g/mol. The van der Waals surface area contributed by atoms with E-state index in [4.69, 9.17) is 17.0 Å². The summed E-state index contributed by atoms with van der Waals surface area (Å²) in [6, 6.07) is 19.8. The Bertz CT molecular complexity index is 947. The molecule has 0 radical (unpaired) electrons. The zero-order chi connectivity index (χ0) is 20.6. The summed E-state index contributed by atoms with van der Waals surface area (Å²) in [6.07, 6.45) is 0. The Morgan fingerprint density at radius 2 is 1.79 bits per heavy atom. The molecule has 0 amide bonds. The van der Waals surface area contributed by atoms with E-state index < -0.39 is 0 Å². The maximum absolute atomic E-state index is 5.47. The van der Waals surface area contributed by atoms with Crippen LogP contribution < -0.4 is 20.7 Å². The van der Waals surface area contributed by atoms with Crippen LogP contribution in [0, 0.1) is 6.92 Å². The Labute approximate surface area is 176 Å². The average Bonchev–Trinajstić information content (AvgIpc) is 2.70. The van der Waals surface area contributed by atoms with Crippen molar-refractivity contribution in [2.45, 2.75) is 26.8 Å². The molecule has 0 unspecified atom stereocenters. The lowest BCUT2D eigenvalue weighted by Gasteiger charge is -2.17. The summed E-state index contributed by atoms with van der Waals surface area (Å²) >= 11 is 5.43. The van der Waals surface area contributed by atoms with Crippen LogP contribution in [0.3, 0.4) is 0 Å². The van der Waals surface area contributed by atoms with E-state index in [0.717, 1.165) is 22.7 Å². The molecule has 3 N–H and O–H groups in total. The van der Waals surface area contributed by atoms with Gasteiger partial charge in [0, 0.05) is 17.4 Å². The Morgan fingerprint density at radius 1 is 1.07 bits per heavy atom. The highest BCUT2D eigenvalue weighted by Gasteiger charge is 2.09. The fourth-order valence-corrected chi connectivity index (χ4v) is 3.06. The molecule has 6 nitrogen and oxygen atoms in total. The van der Waals surface area contributed by atoms with Gasteiger partial charge in [0.05, 0.1) is 12.6 Å². The fraction of sp³-hybridized carbons (Fsp3) is 0.227. The Hall–Kier alpha value is -3.19. The molecule has 0 saturated heterocycles. The SMILES string of the molecule is CCOc1ccc(Nc2cc(C)nc(NC(=S)N[C@H](C)c3ccccc3)n2)cc1. The van der Waals surface area contributed by atoms with Gasteiger partial charge in [0.15, 0.2) is 5.11 Å². The van der Waals surface area contributed by atoms with Gasteiger partial charge < -0.3 is 20.7 Å². The van der Waals surface area contributed by atoms with E-state index in [9.17, 15) is 0 Å². The molecule has 0 aliphatic carbocycles. The van der Waals surface area contributed by atoms with Crippen LogP contribution in [0.15, 0.2) is 60.7 Å². The number of aryl methyl sites for hydroxylation is 1. The minimum atomic E-state index is 0.0717. The number of rotatable bonds is 7. The summed E-state index contributed by atoms with van der Waals surface area (Å²) in [5, 5.41) is 10.1. The molecule has 3 rings (SSSR count). The van der Waals surface area contributed by atoms with Gasteiger partial charge in [-0.2, -0.15) is 4.98 Å². The second-order valence-electron chi connectivity index (χ2n) is 6.53. The van der Waals surface area contributed by atoms with E-state index in [1.807, 2.05) is 62.4 Å². The molecule has 29 heavy (non-hydrogen) atoms. The molecule has 1 atom stereocenters. The van der Waals surface area contributed by atoms with Crippen molar-refractivity contribution in [2.75, 3.05) is 17.2 Å². The molecule has 0 aliphatic rings. The number of benzene rings is 2. The van der Waals surface area contributed by atoms with Gasteiger partial charge in [-0.1, -0.05) is 30.3 Å². The summed E-state index contributed by atoms with van der Waals surface area (Å²) in [5.41, 5.74) is 2.89. The second kappa shape index (κ2) is 9.84. The first-order valence-electron chi connectivity index (χ1n) is 9.51. The van der Waals surface area contributed by atoms with Crippen LogP contribution in [0.1, 0.15) is 31.1 Å². The molecule has 3 aromatic rings. The average molecular weight is 408 g/mol. The molecule has 150 valence electrons. The van der Waals surface area contributed by atoms with E-state index in [0.29, 0.717) is 23.5 Å². The third kappa shape index (κ3) is 6.15. The van der Waals surface area contributed by atoms with Crippen LogP contribution >= 0.6 is 12.2 Å². The van der Waals surface area contributed by atoms with Crippen LogP contribution in [0.4, 0.5) is 17.5 Å². The van der Waals surface area contributed by atoms with Crippen molar-refractivity contribution in [1.29, 1.82) is 0 Å². The first-order valence-corrected chi connectivity index (χ1v) is 9.92. The highest BCUT2D eigenvalue weighted by molar-refractivity contribution is 7.80. The lowest BCUT2D eigenvalue weighted by Crippen LogP contribution is -2.31. The second-order valence-corrected chi connectivity index (χ2v) is 6.94. The number of thiocarbonyl (C=S) groups is 1. The van der Waals surface area contributed by atoms with Crippen molar-refractivity contribution < 1.29 is 4.74 Å². The number of aromatic nitrogens is 2. The maximum Gasteiger partial charge on any atom is 0.231 e. The van der Waals surface area contributed by atoms with E-state index in [1.54, 1.807) is 0 Å². The van der Waals surface area contributed by atoms with Crippen molar-refractivity contribution >= 4 is 34.8 Å². The zero-order valence-electron chi connectivity index (χ0n) is 16.8. The molecule has 0 bridgehead atoms. The molecule has 0 saturated carbocycles. The number of nitrogens with one attached hydrogen (secondary N) is 3. The minimum absolute atomic E-state index is 0.0717. The molecule has 7 heteroatoms. The van der Waals surface area contributed by atoms with E-state index in [-0.39, 0.29) is 6.04 Å². The van der Waals surface area contributed by atoms with Crippen molar-refractivity contribution in [3.05, 3.63) is 71.9 Å². The van der Waals surface area contributed by atoms with Gasteiger partial charge in [0.2, 0.25) is 5.95 Å². The molecule has 1 aromatic heterocycles. The molecular formula is C22H25N5OS. The summed E-state index contributed by atoms with van der Waals surface area (Å²) in [4.78, 5) is 8.94. The maximum atomic E-state index is 5.47.